The van der Waals surface area contributed by atoms with Crippen LogP contribution in [0.25, 0.3) is 6.08 Å². The summed E-state index contributed by atoms with van der Waals surface area (Å²) >= 11 is 0. The third-order valence-corrected chi connectivity index (χ3v) is 2.76. The first kappa shape index (κ1) is 15.4. The Morgan fingerprint density at radius 2 is 2.32 bits per heavy atom. The van der Waals surface area contributed by atoms with Gasteiger partial charge in [0.2, 0.25) is 0 Å². The Morgan fingerprint density at radius 3 is 2.95 bits per heavy atom. The molecule has 8 heteroatoms. The van der Waals surface area contributed by atoms with Crippen LogP contribution in [0.2, 0.25) is 0 Å². The summed E-state index contributed by atoms with van der Waals surface area (Å²) < 4.78 is 6.47. The topological polar surface area (TPSA) is 100 Å². The summed E-state index contributed by atoms with van der Waals surface area (Å²) in [5.41, 5.74) is 0.822. The van der Waals surface area contributed by atoms with E-state index in [9.17, 15) is 14.9 Å². The Hall–Kier alpha value is -3.03. The van der Waals surface area contributed by atoms with Gasteiger partial charge in [0.1, 0.15) is 12.7 Å². The van der Waals surface area contributed by atoms with Gasteiger partial charge in [0.05, 0.1) is 23.6 Å². The molecule has 1 heterocycles. The number of nitrogens with zero attached hydrogens (tertiary/aromatic N) is 4. The van der Waals surface area contributed by atoms with Crippen molar-refractivity contribution in [2.75, 3.05) is 6.61 Å². The van der Waals surface area contributed by atoms with Crippen LogP contribution < -0.4 is 0 Å². The Balaban J connectivity index is 2.32. The van der Waals surface area contributed by atoms with Gasteiger partial charge in [-0.2, -0.15) is 5.10 Å². The Bertz CT molecular complexity index is 695. The lowest BCUT2D eigenvalue weighted by Crippen LogP contribution is -2.13. The van der Waals surface area contributed by atoms with Gasteiger partial charge in [0.25, 0.3) is 5.69 Å². The fourth-order valence-corrected chi connectivity index (χ4v) is 1.81. The minimum absolute atomic E-state index is 0.0438. The highest BCUT2D eigenvalue weighted by molar-refractivity contribution is 5.93. The quantitative estimate of drug-likeness (QED) is 0.349. The van der Waals surface area contributed by atoms with Crippen LogP contribution in [0.3, 0.4) is 0 Å². The molecule has 0 aliphatic carbocycles. The molecule has 22 heavy (non-hydrogen) atoms. The van der Waals surface area contributed by atoms with Gasteiger partial charge < -0.3 is 4.74 Å². The predicted molar refractivity (Wildman–Crippen MR) is 77.7 cm³/mol. The molecule has 114 valence electrons. The summed E-state index contributed by atoms with van der Waals surface area (Å²) in [6, 6.07) is 6.01. The number of non-ortho nitro benzene ring substituents is 1. The number of benzene rings is 1. The number of carbonyl (C=O) groups is 1. The van der Waals surface area contributed by atoms with E-state index in [0.29, 0.717) is 11.1 Å². The molecule has 1 aromatic heterocycles. The Morgan fingerprint density at radius 1 is 1.50 bits per heavy atom. The van der Waals surface area contributed by atoms with Crippen LogP contribution in [0, 0.1) is 10.1 Å². The highest BCUT2D eigenvalue weighted by atomic mass is 16.6. The molecule has 0 bridgehead atoms. The summed E-state index contributed by atoms with van der Waals surface area (Å²) in [4.78, 5) is 26.1. The third-order valence-electron chi connectivity index (χ3n) is 2.76. The molecule has 0 unspecified atom stereocenters. The van der Waals surface area contributed by atoms with Crippen molar-refractivity contribution in [1.82, 2.24) is 14.8 Å². The van der Waals surface area contributed by atoms with Gasteiger partial charge in [-0.3, -0.25) is 10.1 Å². The van der Waals surface area contributed by atoms with Crippen molar-refractivity contribution in [2.24, 2.45) is 0 Å². The van der Waals surface area contributed by atoms with Gasteiger partial charge in [-0.05, 0) is 18.6 Å². The summed E-state index contributed by atoms with van der Waals surface area (Å²) in [5.74, 6) is -0.496. The molecule has 0 saturated carbocycles. The van der Waals surface area contributed by atoms with Crippen LogP contribution in [0.15, 0.2) is 42.5 Å². The molecule has 8 nitrogen and oxygen atoms in total. The predicted octanol–water partition coefficient (Wildman–Crippen LogP) is 1.83. The second kappa shape index (κ2) is 7.11. The molecule has 0 radical (unpaired) electrons. The van der Waals surface area contributed by atoms with Crippen LogP contribution >= 0.6 is 0 Å². The standard InChI is InChI=1S/C14H14N4O4/c1-2-22-14(19)12(8-17-10-15-9-16-17)6-11-4-3-5-13(7-11)18(20)21/h3-7,9-10H,2,8H2,1H3/b12-6+. The lowest BCUT2D eigenvalue weighted by Gasteiger charge is -2.07. The van der Waals surface area contributed by atoms with Gasteiger partial charge in [-0.25, -0.2) is 14.5 Å². The molecule has 0 spiro atoms. The molecule has 0 saturated heterocycles. The highest BCUT2D eigenvalue weighted by Gasteiger charge is 2.13. The molecule has 0 amide bonds. The summed E-state index contributed by atoms with van der Waals surface area (Å²) in [6.07, 6.45) is 4.38. The van der Waals surface area contributed by atoms with Crippen LogP contribution in [0.1, 0.15) is 12.5 Å². The van der Waals surface area contributed by atoms with E-state index in [1.54, 1.807) is 25.1 Å². The van der Waals surface area contributed by atoms with Gasteiger partial charge in [-0.1, -0.05) is 12.1 Å². The number of aromatic nitrogens is 3. The van der Waals surface area contributed by atoms with Crippen LogP contribution in [-0.4, -0.2) is 32.3 Å². The van der Waals surface area contributed by atoms with E-state index in [0.717, 1.165) is 0 Å². The SMILES string of the molecule is CCOC(=O)/C(=C/c1cccc([N+](=O)[O-])c1)Cn1cncn1. The van der Waals surface area contributed by atoms with Gasteiger partial charge in [0, 0.05) is 12.1 Å². The molecular weight excluding hydrogens is 288 g/mol. The number of rotatable bonds is 6. The number of hydrogen-bond donors (Lipinski definition) is 0. The van der Waals surface area contributed by atoms with E-state index in [4.69, 9.17) is 4.74 Å². The van der Waals surface area contributed by atoms with Gasteiger partial charge >= 0.3 is 5.97 Å². The number of carbonyl (C=O) groups excluding carboxylic acids is 1. The van der Waals surface area contributed by atoms with E-state index < -0.39 is 10.9 Å². The van der Waals surface area contributed by atoms with E-state index in [-0.39, 0.29) is 18.8 Å². The highest BCUT2D eigenvalue weighted by Crippen LogP contribution is 2.17. The van der Waals surface area contributed by atoms with Gasteiger partial charge in [0.15, 0.2) is 0 Å². The molecule has 2 aromatic rings. The fourth-order valence-electron chi connectivity index (χ4n) is 1.81. The van der Waals surface area contributed by atoms with Crippen molar-refractivity contribution >= 4 is 17.7 Å². The molecular formula is C14H14N4O4. The zero-order valence-electron chi connectivity index (χ0n) is 11.9. The van der Waals surface area contributed by atoms with Crippen LogP contribution in [0.5, 0.6) is 0 Å². The van der Waals surface area contributed by atoms with Gasteiger partial charge in [-0.15, -0.1) is 0 Å². The van der Waals surface area contributed by atoms with E-state index in [1.807, 2.05) is 0 Å². The molecule has 0 fully saturated rings. The van der Waals surface area contributed by atoms with E-state index in [2.05, 4.69) is 10.1 Å². The zero-order chi connectivity index (χ0) is 15.9. The Labute approximate surface area is 126 Å². The normalized spacial score (nSPS) is 11.2. The largest absolute Gasteiger partial charge is 0.463 e. The maximum Gasteiger partial charge on any atom is 0.335 e. The molecule has 0 atom stereocenters. The molecule has 0 aliphatic heterocycles. The molecule has 0 aliphatic rings. The average molecular weight is 302 g/mol. The first-order valence-electron chi connectivity index (χ1n) is 6.54. The first-order valence-corrected chi connectivity index (χ1v) is 6.54. The monoisotopic (exact) mass is 302 g/mol. The number of nitro benzene ring substituents is 1. The summed E-state index contributed by atoms with van der Waals surface area (Å²) in [6.45, 7) is 2.11. The van der Waals surface area contributed by atoms with Crippen LogP contribution in [0.4, 0.5) is 5.69 Å². The number of nitro groups is 1. The second-order valence-electron chi connectivity index (χ2n) is 4.34. The molecule has 1 aromatic carbocycles. The second-order valence-corrected chi connectivity index (χ2v) is 4.34. The smallest absolute Gasteiger partial charge is 0.335 e. The van der Waals surface area contributed by atoms with Crippen molar-refractivity contribution in [2.45, 2.75) is 13.5 Å². The van der Waals surface area contributed by atoms with Crippen molar-refractivity contribution in [3.05, 3.63) is 58.2 Å². The summed E-state index contributed by atoms with van der Waals surface area (Å²) in [5, 5.41) is 14.7. The lowest BCUT2D eigenvalue weighted by molar-refractivity contribution is -0.384. The maximum absolute atomic E-state index is 12.0. The summed E-state index contributed by atoms with van der Waals surface area (Å²) in [7, 11) is 0. The van der Waals surface area contributed by atoms with Crippen molar-refractivity contribution in [1.29, 1.82) is 0 Å². The third kappa shape index (κ3) is 3.98. The Kier molecular flexibility index (Phi) is 4.97. The number of hydrogen-bond acceptors (Lipinski definition) is 6. The lowest BCUT2D eigenvalue weighted by atomic mass is 10.1. The average Bonchev–Trinajstić information content (AvgIpc) is 3.00. The number of ether oxygens (including phenoxy) is 1. The minimum atomic E-state index is -0.496. The van der Waals surface area contributed by atoms with E-state index >= 15 is 0 Å². The van der Waals surface area contributed by atoms with Crippen LogP contribution in [-0.2, 0) is 16.1 Å². The first-order chi connectivity index (χ1) is 10.6. The molecule has 2 rings (SSSR count). The van der Waals surface area contributed by atoms with E-state index in [1.165, 1.54) is 29.5 Å². The molecule has 0 N–H and O–H groups in total. The number of esters is 1. The fraction of sp³-hybridized carbons (Fsp3) is 0.214. The van der Waals surface area contributed by atoms with Crippen molar-refractivity contribution in [3.8, 4) is 0 Å². The van der Waals surface area contributed by atoms with Crippen molar-refractivity contribution < 1.29 is 14.5 Å². The zero-order valence-corrected chi connectivity index (χ0v) is 11.9. The maximum atomic E-state index is 12.0. The van der Waals surface area contributed by atoms with Crippen molar-refractivity contribution in [3.63, 3.8) is 0 Å². The minimum Gasteiger partial charge on any atom is -0.463 e.